The highest BCUT2D eigenvalue weighted by atomic mass is 31.2. The number of rotatable bonds is 40. The van der Waals surface area contributed by atoms with Crippen LogP contribution in [0.4, 0.5) is 0 Å². The Hall–Kier alpha value is -3.11. The third-order valence-electron chi connectivity index (χ3n) is 9.22. The van der Waals surface area contributed by atoms with Crippen LogP contribution in [0.3, 0.4) is 0 Å². The maximum absolute atomic E-state index is 12.7. The van der Waals surface area contributed by atoms with Crippen molar-refractivity contribution in [2.75, 3.05) is 47.5 Å². The molecule has 0 spiro atoms. The summed E-state index contributed by atoms with van der Waals surface area (Å²) in [7, 11) is 1.33. The van der Waals surface area contributed by atoms with Crippen LogP contribution in [-0.2, 0) is 32.7 Å². The van der Waals surface area contributed by atoms with Gasteiger partial charge in [0, 0.05) is 12.8 Å². The van der Waals surface area contributed by atoms with E-state index in [9.17, 15) is 24.2 Å². The number of phosphoric acid groups is 1. The van der Waals surface area contributed by atoms with Gasteiger partial charge >= 0.3 is 19.8 Å². The van der Waals surface area contributed by atoms with Gasteiger partial charge in [-0.15, -0.1) is 0 Å². The topological polar surface area (TPSA) is 129 Å². The molecule has 0 aromatic carbocycles. The van der Waals surface area contributed by atoms with Crippen LogP contribution in [0.15, 0.2) is 97.2 Å². The van der Waals surface area contributed by atoms with E-state index in [1.807, 2.05) is 33.3 Å². The van der Waals surface area contributed by atoms with E-state index >= 15 is 0 Å². The molecule has 0 aliphatic rings. The molecule has 0 aromatic rings. The van der Waals surface area contributed by atoms with Gasteiger partial charge in [-0.25, -0.2) is 4.57 Å². The zero-order valence-corrected chi connectivity index (χ0v) is 39.6. The average molecular weight is 875 g/mol. The summed E-state index contributed by atoms with van der Waals surface area (Å²) >= 11 is 0. The normalized spacial score (nSPS) is 14.9. The smallest absolute Gasteiger partial charge is 0.462 e. The van der Waals surface area contributed by atoms with Crippen LogP contribution in [0.2, 0.25) is 0 Å². The number of phosphoric ester groups is 1. The maximum Gasteiger partial charge on any atom is 0.472 e. The summed E-state index contributed by atoms with van der Waals surface area (Å²) in [6.45, 7) is 3.97. The number of allylic oxidation sites excluding steroid dienone is 15. The summed E-state index contributed by atoms with van der Waals surface area (Å²) in [6.07, 6.45) is 50.7. The van der Waals surface area contributed by atoms with E-state index in [0.29, 0.717) is 17.4 Å². The van der Waals surface area contributed by atoms with Gasteiger partial charge < -0.3 is 24.0 Å². The fraction of sp³-hybridized carbons (Fsp3) is 0.640. The van der Waals surface area contributed by atoms with Crippen LogP contribution in [0.25, 0.3) is 0 Å². The lowest BCUT2D eigenvalue weighted by Crippen LogP contribution is -2.37. The maximum atomic E-state index is 12.7. The number of hydrogen-bond donors (Lipinski definition) is 2. The van der Waals surface area contributed by atoms with E-state index in [1.54, 1.807) is 12.2 Å². The van der Waals surface area contributed by atoms with Crippen molar-refractivity contribution in [3.63, 3.8) is 0 Å². The van der Waals surface area contributed by atoms with E-state index in [2.05, 4.69) is 86.8 Å². The quantitative estimate of drug-likeness (QED) is 0.0154. The Labute approximate surface area is 371 Å². The second-order valence-electron chi connectivity index (χ2n) is 16.2. The SMILES string of the molecule is CC/C=C\C/C=C\C/C=C\C/C=C\C/C=C\C=C/C(O)CCC(=O)OC[C@H](COP(=O)(O)OCC[N+](C)(C)C)OC(=O)CCCCCCCCC/C=C\C/C=C\CCCCC. The molecule has 10 nitrogen and oxygen atoms in total. The van der Waals surface area contributed by atoms with Crippen molar-refractivity contribution in [2.45, 2.75) is 161 Å². The van der Waals surface area contributed by atoms with Gasteiger partial charge in [-0.2, -0.15) is 0 Å². The number of nitrogens with zero attached hydrogens (tertiary/aromatic N) is 1. The Balaban J connectivity index is 4.59. The van der Waals surface area contributed by atoms with Crippen molar-refractivity contribution in [2.24, 2.45) is 0 Å². The molecule has 0 heterocycles. The Bertz CT molecular complexity index is 1370. The van der Waals surface area contributed by atoms with E-state index in [-0.39, 0.29) is 32.5 Å². The number of aliphatic hydroxyl groups is 1. The van der Waals surface area contributed by atoms with Crippen molar-refractivity contribution in [1.29, 1.82) is 0 Å². The molecule has 61 heavy (non-hydrogen) atoms. The number of carbonyl (C=O) groups is 2. The molecule has 2 N–H and O–H groups in total. The van der Waals surface area contributed by atoms with Gasteiger partial charge in [-0.3, -0.25) is 18.6 Å². The molecule has 0 aliphatic heterocycles. The Morgan fingerprint density at radius 2 is 1.13 bits per heavy atom. The molecular formula is C50H85NO9P+. The molecule has 348 valence electrons. The lowest BCUT2D eigenvalue weighted by atomic mass is 10.1. The minimum atomic E-state index is -4.44. The van der Waals surface area contributed by atoms with Gasteiger partial charge in [0.2, 0.25) is 0 Å². The molecule has 2 unspecified atom stereocenters. The summed E-state index contributed by atoms with van der Waals surface area (Å²) < 4.78 is 34.1. The molecule has 0 aromatic heterocycles. The molecule has 0 rings (SSSR count). The lowest BCUT2D eigenvalue weighted by molar-refractivity contribution is -0.870. The van der Waals surface area contributed by atoms with E-state index in [0.717, 1.165) is 70.6 Å². The summed E-state index contributed by atoms with van der Waals surface area (Å²) in [5, 5.41) is 10.3. The van der Waals surface area contributed by atoms with Crippen molar-refractivity contribution < 1.29 is 47.2 Å². The van der Waals surface area contributed by atoms with Gasteiger partial charge in [0.05, 0.1) is 33.9 Å². The fourth-order valence-electron chi connectivity index (χ4n) is 5.56. The van der Waals surface area contributed by atoms with Gasteiger partial charge in [-0.1, -0.05) is 156 Å². The molecule has 3 atom stereocenters. The van der Waals surface area contributed by atoms with E-state index < -0.39 is 38.6 Å². The number of hydrogen-bond acceptors (Lipinski definition) is 8. The molecule has 0 bridgehead atoms. The highest BCUT2D eigenvalue weighted by Crippen LogP contribution is 2.43. The predicted octanol–water partition coefficient (Wildman–Crippen LogP) is 12.3. The molecule has 0 amide bonds. The zero-order chi connectivity index (χ0) is 45.1. The number of carbonyl (C=O) groups excluding carboxylic acids is 2. The monoisotopic (exact) mass is 875 g/mol. The van der Waals surface area contributed by atoms with Gasteiger partial charge in [-0.05, 0) is 77.0 Å². The Kier molecular flexibility index (Phi) is 38.8. The van der Waals surface area contributed by atoms with Crippen LogP contribution >= 0.6 is 7.82 Å². The molecular weight excluding hydrogens is 790 g/mol. The highest BCUT2D eigenvalue weighted by molar-refractivity contribution is 7.47. The fourth-order valence-corrected chi connectivity index (χ4v) is 6.31. The van der Waals surface area contributed by atoms with Gasteiger partial charge in [0.25, 0.3) is 0 Å². The number of quaternary nitrogens is 1. The molecule has 0 aliphatic carbocycles. The van der Waals surface area contributed by atoms with Crippen molar-refractivity contribution in [1.82, 2.24) is 0 Å². The summed E-state index contributed by atoms with van der Waals surface area (Å²) in [6, 6.07) is 0. The first-order chi connectivity index (χ1) is 29.4. The first kappa shape index (κ1) is 57.9. The van der Waals surface area contributed by atoms with Crippen molar-refractivity contribution in [3.05, 3.63) is 97.2 Å². The Morgan fingerprint density at radius 1 is 0.607 bits per heavy atom. The van der Waals surface area contributed by atoms with Crippen LogP contribution < -0.4 is 0 Å². The van der Waals surface area contributed by atoms with Crippen LogP contribution in [-0.4, -0.2) is 86.1 Å². The summed E-state index contributed by atoms with van der Waals surface area (Å²) in [5.41, 5.74) is 0. The predicted molar refractivity (Wildman–Crippen MR) is 253 cm³/mol. The van der Waals surface area contributed by atoms with Gasteiger partial charge in [0.1, 0.15) is 19.8 Å². The van der Waals surface area contributed by atoms with Crippen molar-refractivity contribution in [3.8, 4) is 0 Å². The number of esters is 2. The molecule has 0 saturated carbocycles. The second kappa shape index (κ2) is 40.9. The highest BCUT2D eigenvalue weighted by Gasteiger charge is 2.27. The van der Waals surface area contributed by atoms with Crippen LogP contribution in [0, 0.1) is 0 Å². The third-order valence-corrected chi connectivity index (χ3v) is 10.2. The second-order valence-corrected chi connectivity index (χ2v) is 17.7. The number of likely N-dealkylation sites (N-methyl/N-ethyl adjacent to an activating group) is 1. The molecule has 0 radical (unpaired) electrons. The first-order valence-electron chi connectivity index (χ1n) is 23.1. The number of aliphatic hydroxyl groups excluding tert-OH is 1. The van der Waals surface area contributed by atoms with Crippen LogP contribution in [0.5, 0.6) is 0 Å². The number of ether oxygens (including phenoxy) is 2. The van der Waals surface area contributed by atoms with Crippen LogP contribution in [0.1, 0.15) is 149 Å². The summed E-state index contributed by atoms with van der Waals surface area (Å²) in [4.78, 5) is 35.5. The number of unbranched alkanes of at least 4 members (excludes halogenated alkanes) is 10. The first-order valence-corrected chi connectivity index (χ1v) is 24.6. The minimum Gasteiger partial charge on any atom is -0.462 e. The lowest BCUT2D eigenvalue weighted by Gasteiger charge is -2.24. The molecule has 0 saturated heterocycles. The van der Waals surface area contributed by atoms with E-state index in [1.165, 1.54) is 38.5 Å². The largest absolute Gasteiger partial charge is 0.472 e. The molecule has 11 heteroatoms. The minimum absolute atomic E-state index is 0.0112. The molecule has 0 fully saturated rings. The van der Waals surface area contributed by atoms with Crippen molar-refractivity contribution >= 4 is 19.8 Å². The van der Waals surface area contributed by atoms with E-state index in [4.69, 9.17) is 18.5 Å². The standard InChI is InChI=1S/C50H84NO9P/c1-6-8-10-12-14-16-18-20-22-24-26-28-30-32-34-36-38-40-50(54)60-48(46-59-61(55,56)58-44-43-51(3,4)5)45-57-49(53)42-41-47(52)39-37-35-33-31-29-27-25-23-21-19-17-15-13-11-9-7-2/h9,11,14-17,20-23,27,29,33,35,37,39,47-48,52H,6-8,10,12-13,18-19,24-26,28,30-32,34,36,38,40-46H2,1-5H3/p+1/b11-9-,16-14-,17-15-,22-20-,23-21-,29-27-,35-33-,39-37-/t47?,48-/m1/s1. The Morgan fingerprint density at radius 3 is 1.70 bits per heavy atom. The average Bonchev–Trinajstić information content (AvgIpc) is 3.21. The summed E-state index contributed by atoms with van der Waals surface area (Å²) in [5.74, 6) is -1.10. The zero-order valence-electron chi connectivity index (χ0n) is 38.7. The third kappa shape index (κ3) is 44.7. The van der Waals surface area contributed by atoms with Gasteiger partial charge in [0.15, 0.2) is 6.10 Å².